The van der Waals surface area contributed by atoms with E-state index in [-0.39, 0.29) is 0 Å². The van der Waals surface area contributed by atoms with Gasteiger partial charge in [-0.05, 0) is 11.1 Å². The molecule has 0 aromatic heterocycles. The second kappa shape index (κ2) is 9.21. The van der Waals surface area contributed by atoms with Gasteiger partial charge in [0.15, 0.2) is 0 Å². The van der Waals surface area contributed by atoms with Gasteiger partial charge in [-0.3, -0.25) is 0 Å². The van der Waals surface area contributed by atoms with Crippen LogP contribution in [0.25, 0.3) is 0 Å². The van der Waals surface area contributed by atoms with E-state index in [0.717, 1.165) is 11.1 Å². The summed E-state index contributed by atoms with van der Waals surface area (Å²) in [6, 6.07) is 8.00. The molecule has 13 heavy (non-hydrogen) atoms. The number of halogens is 2. The van der Waals surface area contributed by atoms with Crippen molar-refractivity contribution in [1.82, 2.24) is 0 Å². The third-order valence-corrected chi connectivity index (χ3v) is 1.46. The zero-order valence-corrected chi connectivity index (χ0v) is 12.5. The minimum absolute atomic E-state index is 0.591. The first-order valence-corrected chi connectivity index (χ1v) is 13.3. The van der Waals surface area contributed by atoms with Crippen LogP contribution < -0.4 is 11.5 Å². The summed E-state index contributed by atoms with van der Waals surface area (Å²) in [6.45, 7) is 1.18. The molecule has 72 valence electrons. The Bertz CT molecular complexity index is 214. The molecule has 0 spiro atoms. The summed E-state index contributed by atoms with van der Waals surface area (Å²) >= 11 is -0.972. The molecular formula is C8H12Cl2N2Pb. The van der Waals surface area contributed by atoms with Crippen molar-refractivity contribution in [3.8, 4) is 0 Å². The molecule has 0 aliphatic carbocycles. The Labute approximate surface area is 97.7 Å². The van der Waals surface area contributed by atoms with Gasteiger partial charge in [0.25, 0.3) is 0 Å². The van der Waals surface area contributed by atoms with Gasteiger partial charge in [-0.2, -0.15) is 0 Å². The average Bonchev–Trinajstić information content (AvgIpc) is 2.19. The van der Waals surface area contributed by atoms with E-state index >= 15 is 0 Å². The fourth-order valence-electron chi connectivity index (χ4n) is 0.884. The molecule has 0 bridgehead atoms. The second-order valence-electron chi connectivity index (χ2n) is 2.30. The van der Waals surface area contributed by atoms with Gasteiger partial charge in [0.05, 0.1) is 0 Å². The molecule has 0 aliphatic rings. The van der Waals surface area contributed by atoms with Crippen molar-refractivity contribution in [3.63, 3.8) is 0 Å². The van der Waals surface area contributed by atoms with Crippen LogP contribution in [-0.2, 0) is 13.1 Å². The van der Waals surface area contributed by atoms with E-state index in [1.807, 2.05) is 24.3 Å². The Kier molecular flexibility index (Phi) is 9.66. The van der Waals surface area contributed by atoms with Crippen LogP contribution in [0.15, 0.2) is 24.3 Å². The zero-order chi connectivity index (χ0) is 10.1. The van der Waals surface area contributed by atoms with Gasteiger partial charge in [-0.1, -0.05) is 24.3 Å². The summed E-state index contributed by atoms with van der Waals surface area (Å²) in [5, 5.41) is 0. The molecule has 0 atom stereocenters. The third kappa shape index (κ3) is 6.68. The predicted molar refractivity (Wildman–Crippen MR) is 59.7 cm³/mol. The molecule has 1 aromatic carbocycles. The van der Waals surface area contributed by atoms with Crippen LogP contribution in [0.2, 0.25) is 0 Å². The molecule has 0 saturated heterocycles. The molecule has 2 radical (unpaired) electrons. The van der Waals surface area contributed by atoms with E-state index in [1.54, 1.807) is 0 Å². The van der Waals surface area contributed by atoms with Gasteiger partial charge in [0.1, 0.15) is 0 Å². The number of hydrogen-bond acceptors (Lipinski definition) is 2. The Morgan fingerprint density at radius 3 is 1.77 bits per heavy atom. The molecule has 0 saturated carbocycles. The number of hydrogen-bond donors (Lipinski definition) is 2. The van der Waals surface area contributed by atoms with Gasteiger partial charge in [0.2, 0.25) is 0 Å². The molecule has 0 fully saturated rings. The quantitative estimate of drug-likeness (QED) is 0.723. The van der Waals surface area contributed by atoms with E-state index in [0.29, 0.717) is 13.1 Å². The van der Waals surface area contributed by atoms with E-state index in [2.05, 4.69) is 0 Å². The molecule has 0 heterocycles. The third-order valence-electron chi connectivity index (χ3n) is 1.46. The SMILES string of the molecule is NCc1cccc(CN)c1.[Cl][Pb][Cl]. The zero-order valence-electron chi connectivity index (χ0n) is 7.13. The van der Waals surface area contributed by atoms with Crippen molar-refractivity contribution >= 4 is 38.4 Å². The summed E-state index contributed by atoms with van der Waals surface area (Å²) in [5.41, 5.74) is 13.1. The summed E-state index contributed by atoms with van der Waals surface area (Å²) in [7, 11) is 9.92. The molecular weight excluding hydrogens is 402 g/mol. The first kappa shape index (κ1) is 13.6. The first-order valence-electron chi connectivity index (χ1n) is 3.72. The van der Waals surface area contributed by atoms with Crippen molar-refractivity contribution in [2.75, 3.05) is 0 Å². The Hall–Kier alpha value is 0.642. The number of nitrogens with two attached hydrogens (primary N) is 2. The topological polar surface area (TPSA) is 52.0 Å². The van der Waals surface area contributed by atoms with Crippen LogP contribution in [0, 0.1) is 0 Å². The minimum atomic E-state index is -0.972. The number of rotatable bonds is 2. The van der Waals surface area contributed by atoms with E-state index in [9.17, 15) is 0 Å². The average molecular weight is 414 g/mol. The van der Waals surface area contributed by atoms with Gasteiger partial charge >= 0.3 is 38.4 Å². The fourth-order valence-corrected chi connectivity index (χ4v) is 0.884. The molecule has 5 heteroatoms. The second-order valence-corrected chi connectivity index (χ2v) is 7.87. The van der Waals surface area contributed by atoms with Gasteiger partial charge in [0, 0.05) is 13.1 Å². The van der Waals surface area contributed by atoms with E-state index in [1.165, 1.54) is 0 Å². The van der Waals surface area contributed by atoms with Crippen molar-refractivity contribution in [2.24, 2.45) is 11.5 Å². The van der Waals surface area contributed by atoms with Gasteiger partial charge < -0.3 is 11.5 Å². The van der Waals surface area contributed by atoms with Crippen LogP contribution in [0.4, 0.5) is 0 Å². The molecule has 0 amide bonds. The molecule has 0 unspecified atom stereocenters. The van der Waals surface area contributed by atoms with Gasteiger partial charge in [-0.15, -0.1) is 0 Å². The molecule has 4 N–H and O–H groups in total. The Balaban J connectivity index is 0.000000424. The Morgan fingerprint density at radius 1 is 1.08 bits per heavy atom. The Morgan fingerprint density at radius 2 is 1.46 bits per heavy atom. The van der Waals surface area contributed by atoms with Crippen LogP contribution in [-0.4, -0.2) is 21.8 Å². The number of benzene rings is 1. The molecule has 0 aliphatic heterocycles. The summed E-state index contributed by atoms with van der Waals surface area (Å²) in [5.74, 6) is 0. The summed E-state index contributed by atoms with van der Waals surface area (Å²) in [4.78, 5) is 0. The van der Waals surface area contributed by atoms with Crippen LogP contribution in [0.3, 0.4) is 0 Å². The normalized spacial score (nSPS) is 8.92. The van der Waals surface area contributed by atoms with Crippen LogP contribution in [0.5, 0.6) is 0 Å². The van der Waals surface area contributed by atoms with Crippen LogP contribution >= 0.6 is 16.6 Å². The monoisotopic (exact) mass is 414 g/mol. The van der Waals surface area contributed by atoms with E-state index < -0.39 is 21.8 Å². The fraction of sp³-hybridized carbons (Fsp3) is 0.250. The predicted octanol–water partition coefficient (Wildman–Crippen LogP) is 1.60. The van der Waals surface area contributed by atoms with Crippen molar-refractivity contribution in [1.29, 1.82) is 0 Å². The maximum absolute atomic E-state index is 5.43. The van der Waals surface area contributed by atoms with Crippen molar-refractivity contribution in [2.45, 2.75) is 13.1 Å². The molecule has 1 aromatic rings. The van der Waals surface area contributed by atoms with Crippen molar-refractivity contribution < 1.29 is 0 Å². The van der Waals surface area contributed by atoms with Gasteiger partial charge in [-0.25, -0.2) is 0 Å². The van der Waals surface area contributed by atoms with E-state index in [4.69, 9.17) is 28.1 Å². The van der Waals surface area contributed by atoms with Crippen LogP contribution in [0.1, 0.15) is 11.1 Å². The molecule has 1 rings (SSSR count). The standard InChI is InChI=1S/C8H12N2.2ClH.Pb/c9-5-7-2-1-3-8(4-7)6-10;;;/h1-4H,5-6,9-10H2;2*1H;/q;;;+2/p-2. The van der Waals surface area contributed by atoms with Crippen molar-refractivity contribution in [3.05, 3.63) is 35.4 Å². The summed E-state index contributed by atoms with van der Waals surface area (Å²) < 4.78 is 0. The maximum atomic E-state index is 5.43. The first-order chi connectivity index (χ1) is 6.28. The molecule has 2 nitrogen and oxygen atoms in total. The summed E-state index contributed by atoms with van der Waals surface area (Å²) in [6.07, 6.45) is 0.